The van der Waals surface area contributed by atoms with E-state index in [-0.39, 0.29) is 5.91 Å². The van der Waals surface area contributed by atoms with Gasteiger partial charge in [-0.15, -0.1) is 10.2 Å². The molecule has 1 amide bonds. The molecule has 3 aromatic rings. The number of hydrogen-bond donors (Lipinski definition) is 1. The van der Waals surface area contributed by atoms with Crippen LogP contribution in [0.15, 0.2) is 49.1 Å². The zero-order valence-corrected chi connectivity index (χ0v) is 10.0. The van der Waals surface area contributed by atoms with Crippen LogP contribution in [0.3, 0.4) is 0 Å². The first kappa shape index (κ1) is 11.3. The third-order valence-electron chi connectivity index (χ3n) is 2.71. The summed E-state index contributed by atoms with van der Waals surface area (Å²) in [4.78, 5) is 16.0. The second kappa shape index (κ2) is 4.85. The standard InChI is InChI=1S/C13H11N5O/c19-13(15-6-10-4-2-1-3-5-10)11-8-18-9-16-17-12(18)7-14-11/h1-5,7-9H,6H2,(H,15,19). The van der Waals surface area contributed by atoms with Crippen LogP contribution in [-0.2, 0) is 6.54 Å². The van der Waals surface area contributed by atoms with Gasteiger partial charge >= 0.3 is 0 Å². The molecule has 1 aromatic carbocycles. The van der Waals surface area contributed by atoms with Gasteiger partial charge in [-0.05, 0) is 5.56 Å². The van der Waals surface area contributed by atoms with E-state index in [0.717, 1.165) is 5.56 Å². The molecule has 0 saturated carbocycles. The molecule has 2 heterocycles. The van der Waals surface area contributed by atoms with Crippen LogP contribution in [0, 0.1) is 0 Å². The van der Waals surface area contributed by atoms with Crippen molar-refractivity contribution in [3.8, 4) is 0 Å². The van der Waals surface area contributed by atoms with Crippen LogP contribution in [0.1, 0.15) is 16.1 Å². The summed E-state index contributed by atoms with van der Waals surface area (Å²) in [5.74, 6) is -0.223. The lowest BCUT2D eigenvalue weighted by atomic mass is 10.2. The molecular formula is C13H11N5O. The van der Waals surface area contributed by atoms with Gasteiger partial charge in [-0.2, -0.15) is 0 Å². The highest BCUT2D eigenvalue weighted by atomic mass is 16.1. The number of amides is 1. The Kier molecular flexibility index (Phi) is 2.89. The highest BCUT2D eigenvalue weighted by molar-refractivity contribution is 5.92. The lowest BCUT2D eigenvalue weighted by Gasteiger charge is -2.04. The summed E-state index contributed by atoms with van der Waals surface area (Å²) in [5.41, 5.74) is 1.99. The second-order valence-corrected chi connectivity index (χ2v) is 4.04. The van der Waals surface area contributed by atoms with E-state index in [2.05, 4.69) is 20.5 Å². The van der Waals surface area contributed by atoms with E-state index < -0.39 is 0 Å². The lowest BCUT2D eigenvalue weighted by Crippen LogP contribution is -2.24. The molecule has 6 nitrogen and oxygen atoms in total. The second-order valence-electron chi connectivity index (χ2n) is 4.04. The molecular weight excluding hydrogens is 242 g/mol. The monoisotopic (exact) mass is 253 g/mol. The molecule has 1 N–H and O–H groups in total. The summed E-state index contributed by atoms with van der Waals surface area (Å²) in [6.07, 6.45) is 4.66. The molecule has 0 aliphatic carbocycles. The van der Waals surface area contributed by atoms with E-state index in [4.69, 9.17) is 0 Å². The first-order valence-electron chi connectivity index (χ1n) is 5.80. The van der Waals surface area contributed by atoms with E-state index in [9.17, 15) is 4.79 Å². The Labute approximate surface area is 109 Å². The van der Waals surface area contributed by atoms with Gasteiger partial charge in [0.1, 0.15) is 12.0 Å². The van der Waals surface area contributed by atoms with Crippen molar-refractivity contribution < 1.29 is 4.79 Å². The SMILES string of the molecule is O=C(NCc1ccccc1)c1cn2cnnc2cn1. The summed E-state index contributed by atoms with van der Waals surface area (Å²) in [6.45, 7) is 0.474. The quantitative estimate of drug-likeness (QED) is 0.757. The minimum atomic E-state index is -0.223. The van der Waals surface area contributed by atoms with Crippen LogP contribution in [0.25, 0.3) is 5.65 Å². The summed E-state index contributed by atoms with van der Waals surface area (Å²) in [5, 5.41) is 10.4. The van der Waals surface area contributed by atoms with Gasteiger partial charge in [0.05, 0.1) is 6.20 Å². The Bertz CT molecular complexity index is 707. The number of aromatic nitrogens is 4. The summed E-state index contributed by atoms with van der Waals surface area (Å²) in [6, 6.07) is 9.71. The molecule has 2 aromatic heterocycles. The number of carbonyl (C=O) groups excluding carboxylic acids is 1. The van der Waals surface area contributed by atoms with E-state index >= 15 is 0 Å². The molecule has 0 aliphatic rings. The van der Waals surface area contributed by atoms with Gasteiger partial charge in [-0.1, -0.05) is 30.3 Å². The lowest BCUT2D eigenvalue weighted by molar-refractivity contribution is 0.0945. The third-order valence-corrected chi connectivity index (χ3v) is 2.71. The van der Waals surface area contributed by atoms with Crippen molar-refractivity contribution in [2.24, 2.45) is 0 Å². The first-order chi connectivity index (χ1) is 9.33. The Morgan fingerprint density at radius 1 is 1.26 bits per heavy atom. The number of rotatable bonds is 3. The number of fused-ring (bicyclic) bond motifs is 1. The number of carbonyl (C=O) groups is 1. The molecule has 0 radical (unpaired) electrons. The van der Waals surface area contributed by atoms with Gasteiger partial charge in [0.15, 0.2) is 5.65 Å². The van der Waals surface area contributed by atoms with Gasteiger partial charge in [0.25, 0.3) is 5.91 Å². The average molecular weight is 253 g/mol. The van der Waals surface area contributed by atoms with Crippen molar-refractivity contribution in [3.05, 3.63) is 60.3 Å². The van der Waals surface area contributed by atoms with Gasteiger partial charge in [-0.25, -0.2) is 4.98 Å². The van der Waals surface area contributed by atoms with Crippen molar-refractivity contribution in [1.82, 2.24) is 24.9 Å². The largest absolute Gasteiger partial charge is 0.347 e. The van der Waals surface area contributed by atoms with Crippen molar-refractivity contribution in [2.45, 2.75) is 6.54 Å². The molecule has 0 aliphatic heterocycles. The zero-order valence-electron chi connectivity index (χ0n) is 10.0. The molecule has 0 bridgehead atoms. The number of nitrogens with one attached hydrogen (secondary N) is 1. The van der Waals surface area contributed by atoms with E-state index in [0.29, 0.717) is 17.9 Å². The number of nitrogens with zero attached hydrogens (tertiary/aromatic N) is 4. The normalized spacial score (nSPS) is 10.5. The fourth-order valence-electron chi connectivity index (χ4n) is 1.72. The average Bonchev–Trinajstić information content (AvgIpc) is 2.93. The Morgan fingerprint density at radius 3 is 2.95 bits per heavy atom. The van der Waals surface area contributed by atoms with Gasteiger partial charge in [0.2, 0.25) is 0 Å². The van der Waals surface area contributed by atoms with Crippen molar-refractivity contribution in [3.63, 3.8) is 0 Å². The van der Waals surface area contributed by atoms with E-state index in [1.807, 2.05) is 30.3 Å². The predicted octanol–water partition coefficient (Wildman–Crippen LogP) is 1.05. The number of hydrogen-bond acceptors (Lipinski definition) is 4. The molecule has 3 rings (SSSR count). The molecule has 0 unspecified atom stereocenters. The fraction of sp³-hybridized carbons (Fsp3) is 0.0769. The number of benzene rings is 1. The van der Waals surface area contributed by atoms with Crippen LogP contribution in [0.5, 0.6) is 0 Å². The maximum absolute atomic E-state index is 12.0. The molecule has 0 fully saturated rings. The zero-order chi connectivity index (χ0) is 13.1. The van der Waals surface area contributed by atoms with Crippen LogP contribution in [-0.4, -0.2) is 25.5 Å². The van der Waals surface area contributed by atoms with Crippen molar-refractivity contribution >= 4 is 11.6 Å². The Morgan fingerprint density at radius 2 is 2.11 bits per heavy atom. The third kappa shape index (κ3) is 2.42. The molecule has 0 atom stereocenters. The van der Waals surface area contributed by atoms with Crippen LogP contribution < -0.4 is 5.32 Å². The van der Waals surface area contributed by atoms with E-state index in [1.54, 1.807) is 10.6 Å². The van der Waals surface area contributed by atoms with Gasteiger partial charge in [-0.3, -0.25) is 9.20 Å². The summed E-state index contributed by atoms with van der Waals surface area (Å²) < 4.78 is 1.66. The van der Waals surface area contributed by atoms with E-state index in [1.165, 1.54) is 12.5 Å². The topological polar surface area (TPSA) is 72.2 Å². The molecule has 19 heavy (non-hydrogen) atoms. The molecule has 94 valence electrons. The van der Waals surface area contributed by atoms with Crippen molar-refractivity contribution in [1.29, 1.82) is 0 Å². The minimum absolute atomic E-state index is 0.223. The maximum atomic E-state index is 12.0. The van der Waals surface area contributed by atoms with Gasteiger partial charge in [0, 0.05) is 12.7 Å². The minimum Gasteiger partial charge on any atom is -0.347 e. The first-order valence-corrected chi connectivity index (χ1v) is 5.80. The molecule has 0 spiro atoms. The Hall–Kier alpha value is -2.76. The van der Waals surface area contributed by atoms with Gasteiger partial charge < -0.3 is 5.32 Å². The summed E-state index contributed by atoms with van der Waals surface area (Å²) >= 11 is 0. The molecule has 0 saturated heterocycles. The fourth-order valence-corrected chi connectivity index (χ4v) is 1.72. The summed E-state index contributed by atoms with van der Waals surface area (Å²) in [7, 11) is 0. The maximum Gasteiger partial charge on any atom is 0.271 e. The van der Waals surface area contributed by atoms with Crippen LogP contribution >= 0.6 is 0 Å². The highest BCUT2D eigenvalue weighted by Gasteiger charge is 2.08. The van der Waals surface area contributed by atoms with Crippen molar-refractivity contribution in [2.75, 3.05) is 0 Å². The van der Waals surface area contributed by atoms with Crippen LogP contribution in [0.4, 0.5) is 0 Å². The highest BCUT2D eigenvalue weighted by Crippen LogP contribution is 2.01. The smallest absolute Gasteiger partial charge is 0.271 e. The molecule has 6 heteroatoms. The van der Waals surface area contributed by atoms with Crippen LogP contribution in [0.2, 0.25) is 0 Å². The predicted molar refractivity (Wildman–Crippen MR) is 68.4 cm³/mol. The Balaban J connectivity index is 1.73.